The molecule has 144 valence electrons. The van der Waals surface area contributed by atoms with Gasteiger partial charge in [-0.15, -0.1) is 0 Å². The van der Waals surface area contributed by atoms with Gasteiger partial charge in [0.05, 0.1) is 6.20 Å². The highest BCUT2D eigenvalue weighted by Gasteiger charge is 2.31. The smallest absolute Gasteiger partial charge is 0.247 e. The molecule has 1 N–H and O–H groups in total. The third-order valence-corrected chi connectivity index (χ3v) is 4.80. The van der Waals surface area contributed by atoms with Crippen molar-refractivity contribution in [2.24, 2.45) is 0 Å². The largest absolute Gasteiger partial charge is 0.360 e. The molecule has 0 spiro atoms. The van der Waals surface area contributed by atoms with E-state index in [1.54, 1.807) is 31.6 Å². The van der Waals surface area contributed by atoms with Crippen molar-refractivity contribution in [1.29, 1.82) is 0 Å². The first-order valence-corrected chi connectivity index (χ1v) is 9.25. The molecular formula is C20H22N6O2. The summed E-state index contributed by atoms with van der Waals surface area (Å²) in [6.07, 6.45) is 5.13. The quantitative estimate of drug-likeness (QED) is 0.729. The van der Waals surface area contributed by atoms with Gasteiger partial charge in [-0.05, 0) is 12.5 Å². The van der Waals surface area contributed by atoms with Gasteiger partial charge in [0.25, 0.3) is 0 Å². The van der Waals surface area contributed by atoms with Crippen molar-refractivity contribution in [3.8, 4) is 0 Å². The molecule has 1 saturated heterocycles. The summed E-state index contributed by atoms with van der Waals surface area (Å²) >= 11 is 0. The highest BCUT2D eigenvalue weighted by Crippen LogP contribution is 2.25. The Labute approximate surface area is 163 Å². The van der Waals surface area contributed by atoms with Crippen molar-refractivity contribution in [3.63, 3.8) is 0 Å². The van der Waals surface area contributed by atoms with Gasteiger partial charge in [0.15, 0.2) is 5.82 Å². The molecule has 1 aromatic carbocycles. The molecule has 3 aromatic rings. The summed E-state index contributed by atoms with van der Waals surface area (Å²) in [5.41, 5.74) is 0.952. The number of amides is 1. The van der Waals surface area contributed by atoms with Gasteiger partial charge in [-0.2, -0.15) is 0 Å². The summed E-state index contributed by atoms with van der Waals surface area (Å²) in [5.74, 6) is 1.83. The first-order valence-electron chi connectivity index (χ1n) is 9.25. The Morgan fingerprint density at radius 3 is 2.57 bits per heavy atom. The van der Waals surface area contributed by atoms with Crippen LogP contribution in [0.15, 0.2) is 59.5 Å². The summed E-state index contributed by atoms with van der Waals surface area (Å²) < 4.78 is 5.06. The summed E-state index contributed by atoms with van der Waals surface area (Å²) in [4.78, 5) is 26.0. The zero-order chi connectivity index (χ0) is 19.3. The lowest BCUT2D eigenvalue weighted by Crippen LogP contribution is -2.50. The monoisotopic (exact) mass is 378 g/mol. The second-order valence-corrected chi connectivity index (χ2v) is 6.71. The van der Waals surface area contributed by atoms with Crippen molar-refractivity contribution < 1.29 is 9.32 Å². The van der Waals surface area contributed by atoms with Gasteiger partial charge in [-0.3, -0.25) is 14.7 Å². The van der Waals surface area contributed by atoms with Gasteiger partial charge in [0.1, 0.15) is 17.6 Å². The SMILES string of the molecule is Cc1cc(NC(=O)[C@@H](c2ccccc2)N2CCN(c3cnccn3)CC2)no1. The molecule has 1 aliphatic rings. The van der Waals surface area contributed by atoms with Crippen LogP contribution in [0.5, 0.6) is 0 Å². The molecule has 4 rings (SSSR count). The van der Waals surface area contributed by atoms with Crippen LogP contribution in [0.1, 0.15) is 17.4 Å². The molecule has 0 bridgehead atoms. The fraction of sp³-hybridized carbons (Fsp3) is 0.300. The molecule has 0 saturated carbocycles. The third kappa shape index (κ3) is 4.01. The number of nitrogens with one attached hydrogen (secondary N) is 1. The number of hydrogen-bond donors (Lipinski definition) is 1. The fourth-order valence-corrected chi connectivity index (χ4v) is 3.45. The Bertz CT molecular complexity index is 907. The predicted octanol–water partition coefficient (Wildman–Crippen LogP) is 2.28. The Kier molecular flexibility index (Phi) is 5.29. The molecule has 1 atom stereocenters. The lowest BCUT2D eigenvalue weighted by molar-refractivity contribution is -0.121. The minimum atomic E-state index is -0.401. The molecule has 8 nitrogen and oxygen atoms in total. The van der Waals surface area contributed by atoms with Crippen LogP contribution in [0, 0.1) is 6.92 Å². The average molecular weight is 378 g/mol. The molecule has 2 aromatic heterocycles. The Morgan fingerprint density at radius 1 is 1.14 bits per heavy atom. The van der Waals surface area contributed by atoms with Gasteiger partial charge in [-0.1, -0.05) is 35.5 Å². The molecule has 0 aliphatic carbocycles. The lowest BCUT2D eigenvalue weighted by Gasteiger charge is -2.39. The van der Waals surface area contributed by atoms with E-state index in [0.717, 1.165) is 37.6 Å². The normalized spacial score (nSPS) is 16.0. The van der Waals surface area contributed by atoms with E-state index in [4.69, 9.17) is 4.52 Å². The third-order valence-electron chi connectivity index (χ3n) is 4.80. The van der Waals surface area contributed by atoms with Crippen LogP contribution in [-0.2, 0) is 4.79 Å². The fourth-order valence-electron chi connectivity index (χ4n) is 3.45. The lowest BCUT2D eigenvalue weighted by atomic mass is 10.0. The maximum absolute atomic E-state index is 13.1. The summed E-state index contributed by atoms with van der Waals surface area (Å²) in [7, 11) is 0. The van der Waals surface area contributed by atoms with Crippen molar-refractivity contribution in [2.45, 2.75) is 13.0 Å². The number of hydrogen-bond acceptors (Lipinski definition) is 7. The second kappa shape index (κ2) is 8.18. The number of anilines is 2. The van der Waals surface area contributed by atoms with E-state index >= 15 is 0 Å². The average Bonchev–Trinajstić information content (AvgIpc) is 3.15. The molecule has 28 heavy (non-hydrogen) atoms. The Morgan fingerprint density at radius 2 is 1.93 bits per heavy atom. The van der Waals surface area contributed by atoms with E-state index in [2.05, 4.69) is 30.2 Å². The Hall–Kier alpha value is -3.26. The number of benzene rings is 1. The molecule has 1 aliphatic heterocycles. The van der Waals surface area contributed by atoms with Crippen LogP contribution in [0.25, 0.3) is 0 Å². The van der Waals surface area contributed by atoms with E-state index in [9.17, 15) is 4.79 Å². The van der Waals surface area contributed by atoms with E-state index < -0.39 is 6.04 Å². The van der Waals surface area contributed by atoms with Crippen LogP contribution in [-0.4, -0.2) is 52.1 Å². The molecule has 1 fully saturated rings. The van der Waals surface area contributed by atoms with E-state index in [1.165, 1.54) is 0 Å². The van der Waals surface area contributed by atoms with Gasteiger partial charge < -0.3 is 14.7 Å². The first kappa shape index (κ1) is 18.1. The van der Waals surface area contributed by atoms with Crippen LogP contribution in [0.2, 0.25) is 0 Å². The predicted molar refractivity (Wildman–Crippen MR) is 105 cm³/mol. The summed E-state index contributed by atoms with van der Waals surface area (Å²) in [6, 6.07) is 11.1. The summed E-state index contributed by atoms with van der Waals surface area (Å²) in [5, 5.41) is 6.76. The van der Waals surface area contributed by atoms with Crippen molar-refractivity contribution in [2.75, 3.05) is 36.4 Å². The zero-order valence-corrected chi connectivity index (χ0v) is 15.7. The van der Waals surface area contributed by atoms with Gasteiger partial charge in [-0.25, -0.2) is 4.98 Å². The van der Waals surface area contributed by atoms with Gasteiger partial charge in [0.2, 0.25) is 5.91 Å². The van der Waals surface area contributed by atoms with E-state index in [1.807, 2.05) is 30.3 Å². The van der Waals surface area contributed by atoms with Crippen LogP contribution in [0.4, 0.5) is 11.6 Å². The standard InChI is InChI=1S/C20H22N6O2/c1-15-13-17(24-28-15)23-20(27)19(16-5-3-2-4-6-16)26-11-9-25(10-12-26)18-14-21-7-8-22-18/h2-8,13-14,19H,9-12H2,1H3,(H,23,24,27)/t19-/m1/s1. The van der Waals surface area contributed by atoms with Crippen LogP contribution in [0.3, 0.4) is 0 Å². The molecule has 0 radical (unpaired) electrons. The number of nitrogens with zero attached hydrogens (tertiary/aromatic N) is 5. The van der Waals surface area contributed by atoms with Crippen molar-refractivity contribution in [1.82, 2.24) is 20.0 Å². The van der Waals surface area contributed by atoms with Gasteiger partial charge >= 0.3 is 0 Å². The maximum Gasteiger partial charge on any atom is 0.247 e. The molecule has 8 heteroatoms. The zero-order valence-electron chi connectivity index (χ0n) is 15.7. The van der Waals surface area contributed by atoms with Crippen LogP contribution < -0.4 is 10.2 Å². The van der Waals surface area contributed by atoms with Crippen molar-refractivity contribution in [3.05, 3.63) is 66.3 Å². The molecular weight excluding hydrogens is 356 g/mol. The number of carbonyl (C=O) groups is 1. The molecule has 3 heterocycles. The number of aromatic nitrogens is 3. The van der Waals surface area contributed by atoms with Crippen LogP contribution >= 0.6 is 0 Å². The minimum absolute atomic E-state index is 0.118. The summed E-state index contributed by atoms with van der Waals surface area (Å²) in [6.45, 7) is 4.82. The van der Waals surface area contributed by atoms with E-state index in [0.29, 0.717) is 11.6 Å². The molecule has 0 unspecified atom stereocenters. The minimum Gasteiger partial charge on any atom is -0.360 e. The maximum atomic E-state index is 13.1. The number of piperazine rings is 1. The first-order chi connectivity index (χ1) is 13.7. The topological polar surface area (TPSA) is 87.4 Å². The second-order valence-electron chi connectivity index (χ2n) is 6.71. The van der Waals surface area contributed by atoms with E-state index in [-0.39, 0.29) is 5.91 Å². The van der Waals surface area contributed by atoms with Gasteiger partial charge in [0, 0.05) is 44.6 Å². The highest BCUT2D eigenvalue weighted by molar-refractivity contribution is 5.94. The number of rotatable bonds is 5. The number of aryl methyl sites for hydroxylation is 1. The number of carbonyl (C=O) groups excluding carboxylic acids is 1. The highest BCUT2D eigenvalue weighted by atomic mass is 16.5. The molecule has 1 amide bonds. The van der Waals surface area contributed by atoms with Crippen molar-refractivity contribution >= 4 is 17.5 Å². The Balaban J connectivity index is 1.50.